The number of hydrogen-bond donors (Lipinski definition) is 2. The Kier molecular flexibility index (Phi) is 7.21. The Morgan fingerprint density at radius 3 is 2.64 bits per heavy atom. The van der Waals surface area contributed by atoms with Gasteiger partial charge in [-0.25, -0.2) is 4.98 Å². The highest BCUT2D eigenvalue weighted by molar-refractivity contribution is 7.98. The van der Waals surface area contributed by atoms with Crippen LogP contribution in [0.15, 0.2) is 28.0 Å². The van der Waals surface area contributed by atoms with Crippen molar-refractivity contribution < 1.29 is 4.79 Å². The number of halogens is 1. The van der Waals surface area contributed by atoms with Gasteiger partial charge in [-0.2, -0.15) is 0 Å². The summed E-state index contributed by atoms with van der Waals surface area (Å²) in [4.78, 5) is 37.1. The number of aryl methyl sites for hydroxylation is 1. The predicted octanol–water partition coefficient (Wildman–Crippen LogP) is 5.08. The number of thioether (sulfide) groups is 1. The van der Waals surface area contributed by atoms with Gasteiger partial charge in [0.25, 0.3) is 11.5 Å². The molecule has 2 aliphatic rings. The maximum absolute atomic E-state index is 13.6. The van der Waals surface area contributed by atoms with E-state index in [-0.39, 0.29) is 24.1 Å². The lowest BCUT2D eigenvalue weighted by atomic mass is 9.90. The Balaban J connectivity index is 1.44. The number of H-pyrrole nitrogens is 1. The number of piperidine rings is 1. The molecular weight excluding hydrogens is 494 g/mol. The molecule has 0 spiro atoms. The molecule has 36 heavy (non-hydrogen) atoms. The largest absolute Gasteiger partial charge is 0.348 e. The summed E-state index contributed by atoms with van der Waals surface area (Å²) in [5, 5.41) is 4.25. The minimum absolute atomic E-state index is 0.153. The molecule has 3 aromatic rings. The third-order valence-corrected chi connectivity index (χ3v) is 8.89. The summed E-state index contributed by atoms with van der Waals surface area (Å²) in [7, 11) is 0. The molecule has 7 nitrogen and oxygen atoms in total. The number of hydrogen-bond acceptors (Lipinski definition) is 5. The normalized spacial score (nSPS) is 18.0. The van der Waals surface area contributed by atoms with Gasteiger partial charge in [-0.1, -0.05) is 11.6 Å². The zero-order chi connectivity index (χ0) is 25.6. The summed E-state index contributed by atoms with van der Waals surface area (Å²) in [5.41, 5.74) is 3.45. The molecule has 0 radical (unpaired) electrons. The lowest BCUT2D eigenvalue weighted by Gasteiger charge is -2.36. The molecule has 3 aromatic heterocycles. The van der Waals surface area contributed by atoms with Crippen LogP contribution in [0.2, 0.25) is 5.02 Å². The van der Waals surface area contributed by atoms with Gasteiger partial charge in [-0.05, 0) is 83.9 Å². The number of amides is 1. The van der Waals surface area contributed by atoms with Gasteiger partial charge in [0.15, 0.2) is 0 Å². The van der Waals surface area contributed by atoms with Crippen LogP contribution >= 0.6 is 23.4 Å². The van der Waals surface area contributed by atoms with Crippen molar-refractivity contribution in [2.75, 3.05) is 19.3 Å². The van der Waals surface area contributed by atoms with Crippen LogP contribution in [0.25, 0.3) is 11.0 Å². The van der Waals surface area contributed by atoms with Gasteiger partial charge in [0.05, 0.1) is 10.6 Å². The fourth-order valence-electron chi connectivity index (χ4n) is 5.78. The van der Waals surface area contributed by atoms with Gasteiger partial charge in [-0.15, -0.1) is 11.8 Å². The second kappa shape index (κ2) is 10.2. The van der Waals surface area contributed by atoms with Gasteiger partial charge in [0.1, 0.15) is 5.65 Å². The van der Waals surface area contributed by atoms with Gasteiger partial charge in [0, 0.05) is 52.1 Å². The van der Waals surface area contributed by atoms with E-state index in [9.17, 15) is 9.59 Å². The first-order valence-corrected chi connectivity index (χ1v) is 14.3. The van der Waals surface area contributed by atoms with Crippen LogP contribution in [0.5, 0.6) is 0 Å². The number of aromatic nitrogens is 3. The molecule has 1 amide bonds. The number of aromatic amines is 1. The molecule has 2 N–H and O–H groups in total. The molecule has 1 aliphatic carbocycles. The minimum Gasteiger partial charge on any atom is -0.348 e. The Morgan fingerprint density at radius 2 is 1.97 bits per heavy atom. The molecule has 4 heterocycles. The monoisotopic (exact) mass is 527 g/mol. The van der Waals surface area contributed by atoms with E-state index in [2.05, 4.69) is 31.7 Å². The van der Waals surface area contributed by atoms with E-state index in [4.69, 9.17) is 11.6 Å². The minimum atomic E-state index is -0.219. The summed E-state index contributed by atoms with van der Waals surface area (Å²) < 4.78 is 2.23. The molecule has 0 bridgehead atoms. The number of rotatable bonds is 7. The topological polar surface area (TPSA) is 83.0 Å². The SMILES string of the molecule is CSc1cc(C)[nH]c(=O)c1CNC(=O)c1c(C)n([C@H](C)C2CCN(C3CC3)CC2)c2ncc(Cl)cc12. The first-order valence-electron chi connectivity index (χ1n) is 12.7. The molecule has 5 rings (SSSR count). The van der Waals surface area contributed by atoms with Crippen molar-refractivity contribution in [3.63, 3.8) is 0 Å². The zero-order valence-electron chi connectivity index (χ0n) is 21.4. The number of carbonyl (C=O) groups excluding carboxylic acids is 1. The molecule has 2 fully saturated rings. The van der Waals surface area contributed by atoms with Gasteiger partial charge in [-0.3, -0.25) is 9.59 Å². The summed E-state index contributed by atoms with van der Waals surface area (Å²) >= 11 is 7.83. The second-order valence-electron chi connectivity index (χ2n) is 10.2. The number of pyridine rings is 2. The van der Waals surface area contributed by atoms with E-state index in [1.165, 1.54) is 24.6 Å². The van der Waals surface area contributed by atoms with E-state index in [0.717, 1.165) is 59.3 Å². The number of nitrogens with zero attached hydrogens (tertiary/aromatic N) is 3. The van der Waals surface area contributed by atoms with Crippen molar-refractivity contribution in [1.29, 1.82) is 0 Å². The molecular formula is C27H34ClN5O2S. The van der Waals surface area contributed by atoms with Crippen molar-refractivity contribution in [3.05, 3.63) is 56.2 Å². The van der Waals surface area contributed by atoms with Crippen molar-refractivity contribution in [2.45, 2.75) is 70.0 Å². The highest BCUT2D eigenvalue weighted by Gasteiger charge is 2.35. The molecule has 1 atom stereocenters. The molecule has 0 unspecified atom stereocenters. The fraction of sp³-hybridized carbons (Fsp3) is 0.519. The summed E-state index contributed by atoms with van der Waals surface area (Å²) in [5.74, 6) is 0.307. The van der Waals surface area contributed by atoms with Gasteiger partial charge in [0.2, 0.25) is 0 Å². The average Bonchev–Trinajstić information content (AvgIpc) is 3.66. The molecule has 192 valence electrons. The quantitative estimate of drug-likeness (QED) is 0.418. The van der Waals surface area contributed by atoms with E-state index in [1.54, 1.807) is 6.20 Å². The zero-order valence-corrected chi connectivity index (χ0v) is 22.9. The fourth-order valence-corrected chi connectivity index (χ4v) is 6.64. The average molecular weight is 528 g/mol. The van der Waals surface area contributed by atoms with Crippen molar-refractivity contribution in [2.24, 2.45) is 5.92 Å². The van der Waals surface area contributed by atoms with Crippen molar-refractivity contribution in [3.8, 4) is 0 Å². The van der Waals surface area contributed by atoms with Crippen LogP contribution in [0.3, 0.4) is 0 Å². The summed E-state index contributed by atoms with van der Waals surface area (Å²) in [6.45, 7) is 8.54. The Bertz CT molecular complexity index is 1350. The Labute approximate surface area is 221 Å². The van der Waals surface area contributed by atoms with Crippen LogP contribution in [0.1, 0.15) is 66.0 Å². The smallest absolute Gasteiger partial charge is 0.254 e. The third kappa shape index (κ3) is 4.83. The molecule has 9 heteroatoms. The lowest BCUT2D eigenvalue weighted by molar-refractivity contribution is 0.0950. The maximum Gasteiger partial charge on any atom is 0.254 e. The first kappa shape index (κ1) is 25.4. The lowest BCUT2D eigenvalue weighted by Crippen LogP contribution is -2.37. The Hall–Kier alpha value is -2.29. The second-order valence-corrected chi connectivity index (χ2v) is 11.5. The van der Waals surface area contributed by atoms with Crippen molar-refractivity contribution >= 4 is 40.3 Å². The number of nitrogens with one attached hydrogen (secondary N) is 2. The number of carbonyl (C=O) groups is 1. The van der Waals surface area contributed by atoms with E-state index < -0.39 is 0 Å². The molecule has 1 saturated heterocycles. The van der Waals surface area contributed by atoms with Gasteiger partial charge < -0.3 is 19.8 Å². The number of likely N-dealkylation sites (tertiary alicyclic amines) is 1. The van der Waals surface area contributed by atoms with Crippen LogP contribution in [-0.4, -0.2) is 50.7 Å². The van der Waals surface area contributed by atoms with Crippen molar-refractivity contribution in [1.82, 2.24) is 24.8 Å². The summed E-state index contributed by atoms with van der Waals surface area (Å²) in [6, 6.07) is 4.79. The number of fused-ring (bicyclic) bond motifs is 1. The third-order valence-electron chi connectivity index (χ3n) is 7.88. The highest BCUT2D eigenvalue weighted by atomic mass is 35.5. The Morgan fingerprint density at radius 1 is 1.25 bits per heavy atom. The van der Waals surface area contributed by atoms with E-state index in [0.29, 0.717) is 22.1 Å². The van der Waals surface area contributed by atoms with E-state index in [1.807, 2.05) is 32.2 Å². The first-order chi connectivity index (χ1) is 17.3. The van der Waals surface area contributed by atoms with Crippen LogP contribution in [0, 0.1) is 19.8 Å². The van der Waals surface area contributed by atoms with Crippen LogP contribution in [0.4, 0.5) is 0 Å². The standard InChI is InChI=1S/C27H34ClN5O2S/c1-15-11-23(36-4)22(26(34)31-15)14-30-27(35)24-17(3)33(25-21(24)12-19(28)13-29-25)16(2)18-7-9-32(10-8-18)20-5-6-20/h11-13,16,18,20H,5-10,14H2,1-4H3,(H,30,35)(H,31,34)/t16-/m1/s1. The summed E-state index contributed by atoms with van der Waals surface area (Å²) in [6.07, 6.45) is 8.58. The predicted molar refractivity (Wildman–Crippen MR) is 146 cm³/mol. The van der Waals surface area contributed by atoms with E-state index >= 15 is 0 Å². The molecule has 0 aromatic carbocycles. The van der Waals surface area contributed by atoms with Crippen LogP contribution in [-0.2, 0) is 6.54 Å². The van der Waals surface area contributed by atoms with Gasteiger partial charge >= 0.3 is 0 Å². The highest BCUT2D eigenvalue weighted by Crippen LogP contribution is 2.38. The molecule has 1 saturated carbocycles. The molecule has 1 aliphatic heterocycles. The van der Waals surface area contributed by atoms with Crippen LogP contribution < -0.4 is 10.9 Å². The maximum atomic E-state index is 13.6.